The number of pyridine rings is 1. The summed E-state index contributed by atoms with van der Waals surface area (Å²) in [7, 11) is 0. The number of rotatable bonds is 4. The number of nitrogens with zero attached hydrogens (tertiary/aromatic N) is 1. The molecule has 102 valence electrons. The lowest BCUT2D eigenvalue weighted by atomic mass is 10.1. The first-order valence-electron chi connectivity index (χ1n) is 6.91. The zero-order valence-corrected chi connectivity index (χ0v) is 12.2. The van der Waals surface area contributed by atoms with E-state index in [2.05, 4.69) is 23.7 Å². The van der Waals surface area contributed by atoms with Gasteiger partial charge in [0.25, 0.3) is 0 Å². The maximum Gasteiger partial charge on any atom is 0.194 e. The molecule has 0 aliphatic rings. The second kappa shape index (κ2) is 5.57. The Morgan fingerprint density at radius 3 is 2.47 bits per heavy atom. The summed E-state index contributed by atoms with van der Waals surface area (Å²) in [6.07, 6.45) is 0. The first-order chi connectivity index (χ1) is 9.08. The molecule has 1 aromatic heterocycles. The Morgan fingerprint density at radius 2 is 1.84 bits per heavy atom. The Morgan fingerprint density at radius 1 is 1.16 bits per heavy atom. The van der Waals surface area contributed by atoms with Gasteiger partial charge in [-0.2, -0.15) is 0 Å². The minimum Gasteiger partial charge on any atom is -0.358 e. The third kappa shape index (κ3) is 2.56. The molecule has 3 heteroatoms. The van der Waals surface area contributed by atoms with Gasteiger partial charge in [-0.15, -0.1) is 0 Å². The number of benzene rings is 1. The van der Waals surface area contributed by atoms with E-state index in [0.29, 0.717) is 0 Å². The Kier molecular flexibility index (Phi) is 4.05. The first-order valence-corrected chi connectivity index (χ1v) is 6.91. The lowest BCUT2D eigenvalue weighted by molar-refractivity contribution is 0.294. The molecule has 1 N–H and O–H groups in total. The molecule has 0 radical (unpaired) electrons. The van der Waals surface area contributed by atoms with Gasteiger partial charge in [0, 0.05) is 23.2 Å². The smallest absolute Gasteiger partial charge is 0.194 e. The molecule has 19 heavy (non-hydrogen) atoms. The summed E-state index contributed by atoms with van der Waals surface area (Å²) in [5.41, 5.74) is 4.13. The highest BCUT2D eigenvalue weighted by molar-refractivity contribution is 5.82. The predicted octanol–water partition coefficient (Wildman–Crippen LogP) is 2.99. The van der Waals surface area contributed by atoms with E-state index in [-0.39, 0.29) is 5.43 Å². The maximum absolute atomic E-state index is 12.6. The molecule has 0 saturated carbocycles. The van der Waals surface area contributed by atoms with Gasteiger partial charge in [0.1, 0.15) is 0 Å². The van der Waals surface area contributed by atoms with E-state index in [1.54, 1.807) is 0 Å². The van der Waals surface area contributed by atoms with Crippen LogP contribution in [0.1, 0.15) is 30.7 Å². The van der Waals surface area contributed by atoms with Gasteiger partial charge >= 0.3 is 0 Å². The van der Waals surface area contributed by atoms with E-state index in [4.69, 9.17) is 0 Å². The molecule has 0 unspecified atom stereocenters. The number of hydrogen-bond donors (Lipinski definition) is 1. The minimum atomic E-state index is 0.168. The Bertz CT molecular complexity index is 639. The zero-order chi connectivity index (χ0) is 14.0. The largest absolute Gasteiger partial charge is 0.358 e. The molecule has 0 saturated heterocycles. The second-order valence-electron chi connectivity index (χ2n) is 5.02. The van der Waals surface area contributed by atoms with E-state index in [0.717, 1.165) is 47.4 Å². The van der Waals surface area contributed by atoms with Gasteiger partial charge in [-0.1, -0.05) is 26.0 Å². The van der Waals surface area contributed by atoms with Crippen molar-refractivity contribution in [3.8, 4) is 0 Å². The monoisotopic (exact) mass is 258 g/mol. The molecule has 1 aromatic carbocycles. The van der Waals surface area contributed by atoms with Crippen LogP contribution in [0, 0.1) is 13.8 Å². The normalized spacial score (nSPS) is 11.4. The van der Waals surface area contributed by atoms with Crippen LogP contribution in [0.3, 0.4) is 0 Å². The van der Waals surface area contributed by atoms with Crippen molar-refractivity contribution >= 4 is 10.9 Å². The second-order valence-corrected chi connectivity index (χ2v) is 5.02. The summed E-state index contributed by atoms with van der Waals surface area (Å²) in [5.74, 6) is 0. The number of nitrogens with one attached hydrogen (secondary N) is 1. The molecular formula is C16H22N2O. The Hall–Kier alpha value is -1.61. The fourth-order valence-corrected chi connectivity index (χ4v) is 2.48. The van der Waals surface area contributed by atoms with Gasteiger partial charge in [-0.3, -0.25) is 9.69 Å². The molecule has 1 heterocycles. The van der Waals surface area contributed by atoms with E-state index in [9.17, 15) is 4.79 Å². The lowest BCUT2D eigenvalue weighted by Crippen LogP contribution is -2.27. The van der Waals surface area contributed by atoms with Gasteiger partial charge in [0.05, 0.1) is 5.52 Å². The van der Waals surface area contributed by atoms with Crippen LogP contribution in [0.2, 0.25) is 0 Å². The van der Waals surface area contributed by atoms with Crippen molar-refractivity contribution in [3.05, 3.63) is 45.2 Å². The highest BCUT2D eigenvalue weighted by atomic mass is 16.1. The van der Waals surface area contributed by atoms with E-state index < -0.39 is 0 Å². The van der Waals surface area contributed by atoms with Crippen LogP contribution >= 0.6 is 0 Å². The molecular weight excluding hydrogens is 236 g/mol. The van der Waals surface area contributed by atoms with Crippen molar-refractivity contribution < 1.29 is 0 Å². The van der Waals surface area contributed by atoms with E-state index in [1.165, 1.54) is 0 Å². The standard InChI is InChI=1S/C16H22N2O/c1-5-18(6-2)10-14-12(4)17-15-11(3)8-7-9-13(15)16(14)19/h7-9H,5-6,10H2,1-4H3,(H,17,19). The summed E-state index contributed by atoms with van der Waals surface area (Å²) < 4.78 is 0. The molecule has 0 aliphatic heterocycles. The SMILES string of the molecule is CCN(CC)Cc1c(C)[nH]c2c(C)cccc2c1=O. The highest BCUT2D eigenvalue weighted by Gasteiger charge is 2.12. The van der Waals surface area contributed by atoms with Gasteiger partial charge in [-0.25, -0.2) is 0 Å². The van der Waals surface area contributed by atoms with Crippen LogP contribution in [0.15, 0.2) is 23.0 Å². The number of aromatic amines is 1. The average molecular weight is 258 g/mol. The van der Waals surface area contributed by atoms with Crippen LogP contribution in [0.25, 0.3) is 10.9 Å². The van der Waals surface area contributed by atoms with Gasteiger partial charge in [0.2, 0.25) is 0 Å². The van der Waals surface area contributed by atoms with Crippen LogP contribution in [-0.2, 0) is 6.54 Å². The van der Waals surface area contributed by atoms with E-state index in [1.807, 2.05) is 32.0 Å². The summed E-state index contributed by atoms with van der Waals surface area (Å²) in [5, 5.41) is 0.799. The molecule has 2 rings (SSSR count). The first kappa shape index (κ1) is 13.8. The van der Waals surface area contributed by atoms with Crippen LogP contribution in [0.4, 0.5) is 0 Å². The van der Waals surface area contributed by atoms with Crippen molar-refractivity contribution in [2.45, 2.75) is 34.2 Å². The maximum atomic E-state index is 12.6. The van der Waals surface area contributed by atoms with Gasteiger partial charge in [0.15, 0.2) is 5.43 Å². The van der Waals surface area contributed by atoms with Crippen molar-refractivity contribution in [2.24, 2.45) is 0 Å². The summed E-state index contributed by atoms with van der Waals surface area (Å²) in [6.45, 7) is 10.9. The Balaban J connectivity index is 2.60. The van der Waals surface area contributed by atoms with Gasteiger partial charge < -0.3 is 4.98 Å². The minimum absolute atomic E-state index is 0.168. The average Bonchev–Trinajstić information content (AvgIpc) is 2.40. The molecule has 0 bridgehead atoms. The molecule has 0 spiro atoms. The number of aryl methyl sites for hydroxylation is 2. The molecule has 0 atom stereocenters. The third-order valence-corrected chi connectivity index (χ3v) is 3.83. The number of hydrogen-bond acceptors (Lipinski definition) is 2. The quantitative estimate of drug-likeness (QED) is 0.915. The fraction of sp³-hybridized carbons (Fsp3) is 0.438. The van der Waals surface area contributed by atoms with Crippen LogP contribution < -0.4 is 5.43 Å². The molecule has 0 fully saturated rings. The lowest BCUT2D eigenvalue weighted by Gasteiger charge is -2.19. The molecule has 3 nitrogen and oxygen atoms in total. The van der Waals surface area contributed by atoms with Crippen molar-refractivity contribution in [2.75, 3.05) is 13.1 Å². The molecule has 0 aliphatic carbocycles. The number of para-hydroxylation sites is 1. The summed E-state index contributed by atoms with van der Waals surface area (Å²) in [6, 6.07) is 5.89. The molecule has 2 aromatic rings. The summed E-state index contributed by atoms with van der Waals surface area (Å²) >= 11 is 0. The number of aromatic nitrogens is 1. The van der Waals surface area contributed by atoms with Gasteiger partial charge in [-0.05, 0) is 38.6 Å². The van der Waals surface area contributed by atoms with E-state index >= 15 is 0 Å². The van der Waals surface area contributed by atoms with Crippen molar-refractivity contribution in [1.82, 2.24) is 9.88 Å². The predicted molar refractivity (Wildman–Crippen MR) is 80.7 cm³/mol. The van der Waals surface area contributed by atoms with Crippen molar-refractivity contribution in [1.29, 1.82) is 0 Å². The number of fused-ring (bicyclic) bond motifs is 1. The Labute approximate surface area is 114 Å². The van der Waals surface area contributed by atoms with Crippen molar-refractivity contribution in [3.63, 3.8) is 0 Å². The zero-order valence-electron chi connectivity index (χ0n) is 12.2. The van der Waals surface area contributed by atoms with Crippen LogP contribution in [0.5, 0.6) is 0 Å². The highest BCUT2D eigenvalue weighted by Crippen LogP contribution is 2.16. The third-order valence-electron chi connectivity index (χ3n) is 3.83. The molecule has 0 amide bonds. The van der Waals surface area contributed by atoms with Crippen LogP contribution in [-0.4, -0.2) is 23.0 Å². The number of H-pyrrole nitrogens is 1. The topological polar surface area (TPSA) is 36.1 Å². The summed E-state index contributed by atoms with van der Waals surface area (Å²) in [4.78, 5) is 18.3. The fourth-order valence-electron chi connectivity index (χ4n) is 2.48.